The van der Waals surface area contributed by atoms with Gasteiger partial charge in [0.25, 0.3) is 5.69 Å². The summed E-state index contributed by atoms with van der Waals surface area (Å²) in [6, 6.07) is 7.69. The lowest BCUT2D eigenvalue weighted by Crippen LogP contribution is -2.27. The van der Waals surface area contributed by atoms with Gasteiger partial charge in [-0.3, -0.25) is 14.9 Å². The average molecular weight is 233 g/mol. The van der Waals surface area contributed by atoms with Crippen LogP contribution in [0.5, 0.6) is 0 Å². The highest BCUT2D eigenvalue weighted by molar-refractivity contribution is 5.80. The van der Waals surface area contributed by atoms with Crippen molar-refractivity contribution in [2.45, 2.75) is 13.5 Å². The molecule has 17 heavy (non-hydrogen) atoms. The summed E-state index contributed by atoms with van der Waals surface area (Å²) in [4.78, 5) is 21.2. The fraction of sp³-hybridized carbons (Fsp3) is 0.273. The van der Waals surface area contributed by atoms with E-state index in [0.717, 1.165) is 5.56 Å². The Bertz CT molecular complexity index is 462. The minimum Gasteiger partial charge on any atom is -0.351 e. The monoisotopic (exact) mass is 233 g/mol. The molecule has 0 bridgehead atoms. The van der Waals surface area contributed by atoms with Gasteiger partial charge < -0.3 is 5.32 Å². The number of non-ortho nitro benzene ring substituents is 1. The first-order chi connectivity index (χ1) is 8.04. The van der Waals surface area contributed by atoms with Crippen LogP contribution in [0.4, 0.5) is 5.69 Å². The molecule has 1 rings (SSSR count). The van der Waals surface area contributed by atoms with E-state index in [9.17, 15) is 14.9 Å². The van der Waals surface area contributed by atoms with Gasteiger partial charge in [0.2, 0.25) is 5.91 Å². The Labute approximate surface area is 98.0 Å². The minimum absolute atomic E-state index is 0.00506. The molecular formula is C11H11N3O3. The predicted octanol–water partition coefficient (Wildman–Crippen LogP) is 1.37. The van der Waals surface area contributed by atoms with E-state index in [4.69, 9.17) is 5.26 Å². The molecule has 1 atom stereocenters. The minimum atomic E-state index is -0.701. The summed E-state index contributed by atoms with van der Waals surface area (Å²) >= 11 is 0. The molecule has 1 N–H and O–H groups in total. The Balaban J connectivity index is 2.56. The van der Waals surface area contributed by atoms with Gasteiger partial charge in [-0.2, -0.15) is 5.26 Å². The van der Waals surface area contributed by atoms with E-state index in [1.807, 2.05) is 6.07 Å². The number of nitro benzene ring substituents is 1. The van der Waals surface area contributed by atoms with Crippen molar-refractivity contribution in [3.05, 3.63) is 39.9 Å². The smallest absolute Gasteiger partial charge is 0.269 e. The zero-order valence-corrected chi connectivity index (χ0v) is 9.21. The first-order valence-electron chi connectivity index (χ1n) is 4.95. The van der Waals surface area contributed by atoms with Gasteiger partial charge in [0, 0.05) is 18.7 Å². The second-order valence-electron chi connectivity index (χ2n) is 3.49. The van der Waals surface area contributed by atoms with Gasteiger partial charge in [-0.15, -0.1) is 0 Å². The van der Waals surface area contributed by atoms with Crippen LogP contribution in [0.25, 0.3) is 0 Å². The zero-order valence-electron chi connectivity index (χ0n) is 9.21. The predicted molar refractivity (Wildman–Crippen MR) is 59.7 cm³/mol. The number of carbonyl (C=O) groups excluding carboxylic acids is 1. The Morgan fingerprint density at radius 2 is 2.12 bits per heavy atom. The van der Waals surface area contributed by atoms with Crippen molar-refractivity contribution in [1.29, 1.82) is 5.26 Å². The first-order valence-corrected chi connectivity index (χ1v) is 4.95. The van der Waals surface area contributed by atoms with Gasteiger partial charge in [0.05, 0.1) is 11.0 Å². The molecule has 0 aliphatic carbocycles. The lowest BCUT2D eigenvalue weighted by molar-refractivity contribution is -0.384. The zero-order chi connectivity index (χ0) is 12.8. The molecule has 0 spiro atoms. The van der Waals surface area contributed by atoms with Crippen LogP contribution in [0, 0.1) is 27.4 Å². The van der Waals surface area contributed by atoms with Gasteiger partial charge in [0.1, 0.15) is 5.92 Å². The maximum atomic E-state index is 11.3. The van der Waals surface area contributed by atoms with Crippen LogP contribution >= 0.6 is 0 Å². The number of nitriles is 1. The van der Waals surface area contributed by atoms with E-state index in [1.54, 1.807) is 12.1 Å². The molecule has 1 unspecified atom stereocenters. The Kier molecular flexibility index (Phi) is 4.17. The third kappa shape index (κ3) is 3.57. The van der Waals surface area contributed by atoms with Crippen LogP contribution in [0.3, 0.4) is 0 Å². The first kappa shape index (κ1) is 12.6. The molecule has 0 aliphatic heterocycles. The molecule has 1 aromatic carbocycles. The largest absolute Gasteiger partial charge is 0.351 e. The second kappa shape index (κ2) is 5.61. The summed E-state index contributed by atoms with van der Waals surface area (Å²) in [7, 11) is 0. The molecule has 88 valence electrons. The van der Waals surface area contributed by atoms with E-state index in [1.165, 1.54) is 19.1 Å². The number of hydrogen-bond acceptors (Lipinski definition) is 4. The molecule has 0 radical (unpaired) electrons. The van der Waals surface area contributed by atoms with Crippen LogP contribution < -0.4 is 5.32 Å². The lowest BCUT2D eigenvalue weighted by Gasteiger charge is -2.05. The third-order valence-electron chi connectivity index (χ3n) is 2.20. The molecule has 0 heterocycles. The van der Waals surface area contributed by atoms with E-state index < -0.39 is 10.8 Å². The standard InChI is InChI=1S/C11H11N3O3/c1-8(6-12)11(15)13-7-9-2-4-10(5-3-9)14(16)17/h2-5,8H,7H2,1H3,(H,13,15). The average Bonchev–Trinajstić information content (AvgIpc) is 2.35. The fourth-order valence-electron chi connectivity index (χ4n) is 1.14. The van der Waals surface area contributed by atoms with E-state index in [2.05, 4.69) is 5.32 Å². The highest BCUT2D eigenvalue weighted by atomic mass is 16.6. The highest BCUT2D eigenvalue weighted by Crippen LogP contribution is 2.11. The number of benzene rings is 1. The van der Waals surface area contributed by atoms with E-state index in [-0.39, 0.29) is 18.1 Å². The maximum Gasteiger partial charge on any atom is 0.269 e. The number of nitrogens with one attached hydrogen (secondary N) is 1. The van der Waals surface area contributed by atoms with Crippen molar-refractivity contribution < 1.29 is 9.72 Å². The molecular weight excluding hydrogens is 222 g/mol. The summed E-state index contributed by atoms with van der Waals surface area (Å²) < 4.78 is 0. The van der Waals surface area contributed by atoms with E-state index in [0.29, 0.717) is 0 Å². The molecule has 0 saturated carbocycles. The topological polar surface area (TPSA) is 96.0 Å². The Hall–Kier alpha value is -2.42. The van der Waals surface area contributed by atoms with Gasteiger partial charge >= 0.3 is 0 Å². The third-order valence-corrected chi connectivity index (χ3v) is 2.20. The van der Waals surface area contributed by atoms with Crippen molar-refractivity contribution in [2.24, 2.45) is 5.92 Å². The molecule has 1 amide bonds. The highest BCUT2D eigenvalue weighted by Gasteiger charge is 2.11. The molecule has 0 fully saturated rings. The summed E-state index contributed by atoms with van der Waals surface area (Å²) in [6.45, 7) is 1.76. The second-order valence-corrected chi connectivity index (χ2v) is 3.49. The normalized spacial score (nSPS) is 11.3. The summed E-state index contributed by atoms with van der Waals surface area (Å²) in [5.74, 6) is -1.06. The maximum absolute atomic E-state index is 11.3. The Morgan fingerprint density at radius 3 is 2.59 bits per heavy atom. The van der Waals surface area contributed by atoms with Gasteiger partial charge in [-0.1, -0.05) is 12.1 Å². The van der Waals surface area contributed by atoms with Gasteiger partial charge in [-0.25, -0.2) is 0 Å². The van der Waals surface area contributed by atoms with Crippen molar-refractivity contribution in [2.75, 3.05) is 0 Å². The van der Waals surface area contributed by atoms with Crippen LogP contribution in [0.2, 0.25) is 0 Å². The number of nitro groups is 1. The SMILES string of the molecule is CC(C#N)C(=O)NCc1ccc([N+](=O)[O-])cc1. The fourth-order valence-corrected chi connectivity index (χ4v) is 1.14. The summed E-state index contributed by atoms with van der Waals surface area (Å²) in [5.41, 5.74) is 0.750. The summed E-state index contributed by atoms with van der Waals surface area (Å²) in [5, 5.41) is 21.5. The van der Waals surface area contributed by atoms with Gasteiger partial charge in [-0.05, 0) is 12.5 Å². The van der Waals surface area contributed by atoms with Crippen LogP contribution in [0.15, 0.2) is 24.3 Å². The van der Waals surface area contributed by atoms with Crippen molar-refractivity contribution in [3.8, 4) is 6.07 Å². The van der Waals surface area contributed by atoms with Gasteiger partial charge in [0.15, 0.2) is 0 Å². The van der Waals surface area contributed by atoms with Crippen molar-refractivity contribution >= 4 is 11.6 Å². The molecule has 6 heteroatoms. The number of amides is 1. The van der Waals surface area contributed by atoms with Crippen LogP contribution in [-0.4, -0.2) is 10.8 Å². The quantitative estimate of drug-likeness (QED) is 0.627. The molecule has 1 aromatic rings. The molecule has 0 aliphatic rings. The lowest BCUT2D eigenvalue weighted by atomic mass is 10.1. The molecule has 0 aromatic heterocycles. The van der Waals surface area contributed by atoms with E-state index >= 15 is 0 Å². The number of nitrogens with zero attached hydrogens (tertiary/aromatic N) is 2. The number of carbonyl (C=O) groups is 1. The van der Waals surface area contributed by atoms with Crippen molar-refractivity contribution in [1.82, 2.24) is 5.32 Å². The Morgan fingerprint density at radius 1 is 1.53 bits per heavy atom. The number of rotatable bonds is 4. The van der Waals surface area contributed by atoms with Crippen molar-refractivity contribution in [3.63, 3.8) is 0 Å². The number of hydrogen-bond donors (Lipinski definition) is 1. The summed E-state index contributed by atoms with van der Waals surface area (Å²) in [6.07, 6.45) is 0. The van der Waals surface area contributed by atoms with Crippen LogP contribution in [-0.2, 0) is 11.3 Å². The molecule has 6 nitrogen and oxygen atoms in total. The van der Waals surface area contributed by atoms with Crippen LogP contribution in [0.1, 0.15) is 12.5 Å². The molecule has 0 saturated heterocycles.